The van der Waals surface area contributed by atoms with Gasteiger partial charge in [0, 0.05) is 19.4 Å². The Kier molecular flexibility index (Phi) is 7.01. The Hall–Kier alpha value is -2.10. The van der Waals surface area contributed by atoms with E-state index in [4.69, 9.17) is 9.47 Å². The fourth-order valence-electron chi connectivity index (χ4n) is 2.35. The van der Waals surface area contributed by atoms with Crippen LogP contribution in [0.15, 0.2) is 23.8 Å². The Morgan fingerprint density at radius 1 is 1.04 bits per heavy atom. The van der Waals surface area contributed by atoms with Crippen molar-refractivity contribution in [3.8, 4) is 11.5 Å². The molecule has 0 unspecified atom stereocenters. The third-order valence-electron chi connectivity index (χ3n) is 3.50. The van der Waals surface area contributed by atoms with Gasteiger partial charge in [0.1, 0.15) is 11.5 Å². The molecule has 1 atom stereocenters. The minimum absolute atomic E-state index is 0.176. The number of hydrogen-bond acceptors (Lipinski definition) is 4. The van der Waals surface area contributed by atoms with E-state index in [1.165, 1.54) is 19.4 Å². The van der Waals surface area contributed by atoms with Crippen LogP contribution in [-0.4, -0.2) is 11.9 Å². The van der Waals surface area contributed by atoms with Crippen LogP contribution in [0.25, 0.3) is 0 Å². The zero-order valence-electron chi connectivity index (χ0n) is 14.9. The van der Waals surface area contributed by atoms with Gasteiger partial charge in [-0.3, -0.25) is 9.59 Å². The highest BCUT2D eigenvalue weighted by atomic mass is 16.5. The maximum absolute atomic E-state index is 11.3. The zero-order chi connectivity index (χ0) is 17.6. The molecule has 0 spiro atoms. The normalized spacial score (nSPS) is 11.6. The molecule has 0 aliphatic carbocycles. The van der Waals surface area contributed by atoms with Crippen molar-refractivity contribution in [2.75, 3.05) is 0 Å². The van der Waals surface area contributed by atoms with Crippen LogP contribution in [0.4, 0.5) is 0 Å². The summed E-state index contributed by atoms with van der Waals surface area (Å²) < 4.78 is 10.6. The summed E-state index contributed by atoms with van der Waals surface area (Å²) >= 11 is 0. The van der Waals surface area contributed by atoms with Gasteiger partial charge in [0.2, 0.25) is 0 Å². The molecule has 1 aromatic rings. The first kappa shape index (κ1) is 18.9. The molecule has 0 aliphatic heterocycles. The molecule has 0 aromatic heterocycles. The van der Waals surface area contributed by atoms with Crippen molar-refractivity contribution in [1.29, 1.82) is 0 Å². The van der Waals surface area contributed by atoms with Gasteiger partial charge in [0.05, 0.1) is 0 Å². The Balaban J connectivity index is 3.14. The van der Waals surface area contributed by atoms with Gasteiger partial charge in [-0.15, -0.1) is 0 Å². The molecule has 0 saturated heterocycles. The average Bonchev–Trinajstić information content (AvgIpc) is 2.40. The number of carbonyl (C=O) groups is 2. The SMILES string of the molecule is CC(=O)Oc1cc([C@H](C)CCC=C(C)C)c(OC(C)=O)cc1C. The zero-order valence-corrected chi connectivity index (χ0v) is 14.9. The molecular weight excluding hydrogens is 292 g/mol. The molecule has 4 heteroatoms. The second-order valence-corrected chi connectivity index (χ2v) is 6.10. The second kappa shape index (κ2) is 8.51. The molecule has 1 rings (SSSR count). The number of hydrogen-bond donors (Lipinski definition) is 0. The van der Waals surface area contributed by atoms with Gasteiger partial charge in [-0.1, -0.05) is 18.6 Å². The molecule has 1 aromatic carbocycles. The molecule has 23 heavy (non-hydrogen) atoms. The van der Waals surface area contributed by atoms with Crippen LogP contribution >= 0.6 is 0 Å². The van der Waals surface area contributed by atoms with Crippen molar-refractivity contribution in [1.82, 2.24) is 0 Å². The number of ether oxygens (including phenoxy) is 2. The lowest BCUT2D eigenvalue weighted by atomic mass is 9.93. The van der Waals surface area contributed by atoms with Crippen LogP contribution in [0.5, 0.6) is 11.5 Å². The van der Waals surface area contributed by atoms with Crippen molar-refractivity contribution >= 4 is 11.9 Å². The third kappa shape index (κ3) is 6.27. The monoisotopic (exact) mass is 318 g/mol. The number of esters is 2. The van der Waals surface area contributed by atoms with Crippen molar-refractivity contribution < 1.29 is 19.1 Å². The first-order valence-corrected chi connectivity index (χ1v) is 7.85. The summed E-state index contributed by atoms with van der Waals surface area (Å²) in [6.07, 6.45) is 4.05. The number of rotatable bonds is 6. The number of allylic oxidation sites excluding steroid dienone is 2. The van der Waals surface area contributed by atoms with E-state index in [9.17, 15) is 9.59 Å². The van der Waals surface area contributed by atoms with E-state index in [1.54, 1.807) is 6.07 Å². The van der Waals surface area contributed by atoms with Gasteiger partial charge in [-0.05, 0) is 57.2 Å². The third-order valence-corrected chi connectivity index (χ3v) is 3.50. The molecule has 4 nitrogen and oxygen atoms in total. The highest BCUT2D eigenvalue weighted by Gasteiger charge is 2.17. The van der Waals surface area contributed by atoms with Crippen LogP contribution in [0.3, 0.4) is 0 Å². The lowest BCUT2D eigenvalue weighted by Crippen LogP contribution is -2.09. The minimum atomic E-state index is -0.364. The average molecular weight is 318 g/mol. The second-order valence-electron chi connectivity index (χ2n) is 6.10. The van der Waals surface area contributed by atoms with E-state index in [1.807, 2.05) is 13.0 Å². The maximum atomic E-state index is 11.3. The van der Waals surface area contributed by atoms with Crippen LogP contribution in [0.2, 0.25) is 0 Å². The lowest BCUT2D eigenvalue weighted by molar-refractivity contribution is -0.133. The van der Waals surface area contributed by atoms with Gasteiger partial charge in [-0.2, -0.15) is 0 Å². The van der Waals surface area contributed by atoms with E-state index in [-0.39, 0.29) is 17.9 Å². The van der Waals surface area contributed by atoms with E-state index in [2.05, 4.69) is 26.8 Å². The Morgan fingerprint density at radius 3 is 2.13 bits per heavy atom. The van der Waals surface area contributed by atoms with Gasteiger partial charge in [0.15, 0.2) is 0 Å². The standard InChI is InChI=1S/C19H26O4/c1-12(2)8-7-9-13(3)17-11-18(22-15(5)20)14(4)10-19(17)23-16(6)21/h8,10-11,13H,7,9H2,1-6H3/t13-/m1/s1. The molecule has 126 valence electrons. The first-order chi connectivity index (χ1) is 10.7. The molecule has 0 amide bonds. The topological polar surface area (TPSA) is 52.6 Å². The summed E-state index contributed by atoms with van der Waals surface area (Å²) in [6, 6.07) is 3.56. The smallest absolute Gasteiger partial charge is 0.308 e. The summed E-state index contributed by atoms with van der Waals surface area (Å²) in [4.78, 5) is 22.6. The Labute approximate surface area is 138 Å². The Bertz CT molecular complexity index is 610. The molecule has 0 fully saturated rings. The summed E-state index contributed by atoms with van der Waals surface area (Å²) in [7, 11) is 0. The Morgan fingerprint density at radius 2 is 1.61 bits per heavy atom. The van der Waals surface area contributed by atoms with E-state index >= 15 is 0 Å². The molecule has 0 N–H and O–H groups in total. The summed E-state index contributed by atoms with van der Waals surface area (Å²) in [6.45, 7) is 10.8. The van der Waals surface area contributed by atoms with Crippen molar-refractivity contribution in [3.63, 3.8) is 0 Å². The highest BCUT2D eigenvalue weighted by Crippen LogP contribution is 2.35. The summed E-state index contributed by atoms with van der Waals surface area (Å²) in [5.41, 5.74) is 2.92. The molecule has 0 bridgehead atoms. The van der Waals surface area contributed by atoms with Crippen molar-refractivity contribution in [2.24, 2.45) is 0 Å². The molecule has 0 aliphatic rings. The van der Waals surface area contributed by atoms with E-state index in [0.717, 1.165) is 24.0 Å². The number of carbonyl (C=O) groups excluding carboxylic acids is 2. The van der Waals surface area contributed by atoms with E-state index < -0.39 is 0 Å². The van der Waals surface area contributed by atoms with Crippen molar-refractivity contribution in [3.05, 3.63) is 34.9 Å². The van der Waals surface area contributed by atoms with E-state index in [0.29, 0.717) is 11.5 Å². The fourth-order valence-corrected chi connectivity index (χ4v) is 2.35. The summed E-state index contributed by atoms with van der Waals surface area (Å²) in [5.74, 6) is 0.502. The minimum Gasteiger partial charge on any atom is -0.426 e. The predicted octanol–water partition coefficient (Wildman–Crippen LogP) is 4.70. The lowest BCUT2D eigenvalue weighted by Gasteiger charge is -2.18. The van der Waals surface area contributed by atoms with Gasteiger partial charge in [-0.25, -0.2) is 0 Å². The molecule has 0 heterocycles. The van der Waals surface area contributed by atoms with Gasteiger partial charge < -0.3 is 9.47 Å². The van der Waals surface area contributed by atoms with Gasteiger partial charge in [0.25, 0.3) is 0 Å². The van der Waals surface area contributed by atoms with Crippen LogP contribution in [-0.2, 0) is 9.59 Å². The number of benzene rings is 1. The van der Waals surface area contributed by atoms with Crippen LogP contribution < -0.4 is 9.47 Å². The highest BCUT2D eigenvalue weighted by molar-refractivity contribution is 5.72. The van der Waals surface area contributed by atoms with Crippen molar-refractivity contribution in [2.45, 2.75) is 60.3 Å². The number of aryl methyl sites for hydroxylation is 1. The van der Waals surface area contributed by atoms with Crippen LogP contribution in [0, 0.1) is 6.92 Å². The first-order valence-electron chi connectivity index (χ1n) is 7.85. The summed E-state index contributed by atoms with van der Waals surface area (Å²) in [5, 5.41) is 0. The maximum Gasteiger partial charge on any atom is 0.308 e. The van der Waals surface area contributed by atoms with Crippen LogP contribution in [0.1, 0.15) is 64.5 Å². The predicted molar refractivity (Wildman–Crippen MR) is 90.9 cm³/mol. The fraction of sp³-hybridized carbons (Fsp3) is 0.474. The molecule has 0 radical (unpaired) electrons. The molecule has 0 saturated carbocycles. The quantitative estimate of drug-likeness (QED) is 0.433. The molecular formula is C19H26O4. The van der Waals surface area contributed by atoms with Gasteiger partial charge >= 0.3 is 11.9 Å². The largest absolute Gasteiger partial charge is 0.426 e.